The second kappa shape index (κ2) is 6.02. The Morgan fingerprint density at radius 2 is 1.63 bits per heavy atom. The lowest BCUT2D eigenvalue weighted by molar-refractivity contribution is -0.105. The molecule has 0 unspecified atom stereocenters. The molecule has 0 aliphatic rings. The molecule has 96 valence electrons. The van der Waals surface area contributed by atoms with Gasteiger partial charge in [-0.25, -0.2) is 0 Å². The third-order valence-electron chi connectivity index (χ3n) is 2.49. The highest BCUT2D eigenvalue weighted by Crippen LogP contribution is 2.18. The zero-order chi connectivity index (χ0) is 13.7. The molecule has 5 heteroatoms. The lowest BCUT2D eigenvalue weighted by Crippen LogP contribution is -2.12. The first-order valence-electron chi connectivity index (χ1n) is 5.57. The molecule has 0 saturated carbocycles. The molecule has 19 heavy (non-hydrogen) atoms. The number of halogens is 1. The SMILES string of the molecule is O=CNc1ccc(NC(=O)c2ccccc2Cl)cc1. The lowest BCUT2D eigenvalue weighted by atomic mass is 10.2. The van der Waals surface area contributed by atoms with Crippen LogP contribution in [0, 0.1) is 0 Å². The Bertz CT molecular complexity index is 597. The summed E-state index contributed by atoms with van der Waals surface area (Å²) < 4.78 is 0. The van der Waals surface area contributed by atoms with E-state index in [-0.39, 0.29) is 5.91 Å². The fourth-order valence-corrected chi connectivity index (χ4v) is 1.78. The van der Waals surface area contributed by atoms with Gasteiger partial charge in [0.05, 0.1) is 10.6 Å². The Labute approximate surface area is 115 Å². The Balaban J connectivity index is 2.11. The molecular formula is C14H11ClN2O2. The predicted molar refractivity (Wildman–Crippen MR) is 75.5 cm³/mol. The number of carbonyl (C=O) groups excluding carboxylic acids is 2. The van der Waals surface area contributed by atoms with Crippen LogP contribution in [0.2, 0.25) is 5.02 Å². The average molecular weight is 275 g/mol. The molecule has 4 nitrogen and oxygen atoms in total. The van der Waals surface area contributed by atoms with E-state index in [1.54, 1.807) is 48.5 Å². The Kier molecular flexibility index (Phi) is 4.15. The van der Waals surface area contributed by atoms with Gasteiger partial charge in [-0.3, -0.25) is 9.59 Å². The highest BCUT2D eigenvalue weighted by Gasteiger charge is 2.09. The monoisotopic (exact) mass is 274 g/mol. The van der Waals surface area contributed by atoms with E-state index in [0.29, 0.717) is 28.4 Å². The molecule has 0 atom stereocenters. The van der Waals surface area contributed by atoms with E-state index in [9.17, 15) is 9.59 Å². The van der Waals surface area contributed by atoms with Gasteiger partial charge in [0.1, 0.15) is 0 Å². The largest absolute Gasteiger partial charge is 0.329 e. The molecule has 0 aliphatic carbocycles. The molecule has 0 heterocycles. The summed E-state index contributed by atoms with van der Waals surface area (Å²) >= 11 is 5.94. The van der Waals surface area contributed by atoms with Gasteiger partial charge in [0.2, 0.25) is 6.41 Å². The Hall–Kier alpha value is -2.33. The normalized spacial score (nSPS) is 9.74. The summed E-state index contributed by atoms with van der Waals surface area (Å²) in [5.74, 6) is -0.276. The smallest absolute Gasteiger partial charge is 0.257 e. The predicted octanol–water partition coefficient (Wildman–Crippen LogP) is 3.16. The van der Waals surface area contributed by atoms with Crippen LogP contribution in [0.5, 0.6) is 0 Å². The molecule has 2 rings (SSSR count). The van der Waals surface area contributed by atoms with Gasteiger partial charge in [0.25, 0.3) is 5.91 Å². The summed E-state index contributed by atoms with van der Waals surface area (Å²) in [6, 6.07) is 13.6. The van der Waals surface area contributed by atoms with Crippen LogP contribution >= 0.6 is 11.6 Å². The highest BCUT2D eigenvalue weighted by atomic mass is 35.5. The topological polar surface area (TPSA) is 58.2 Å². The number of hydrogen-bond acceptors (Lipinski definition) is 2. The maximum Gasteiger partial charge on any atom is 0.257 e. The van der Waals surface area contributed by atoms with E-state index >= 15 is 0 Å². The third kappa shape index (κ3) is 3.33. The van der Waals surface area contributed by atoms with Crippen LogP contribution in [0.3, 0.4) is 0 Å². The fourth-order valence-electron chi connectivity index (χ4n) is 1.56. The van der Waals surface area contributed by atoms with E-state index < -0.39 is 0 Å². The standard InChI is InChI=1S/C14H11ClN2O2/c15-13-4-2-1-3-12(13)14(19)17-11-7-5-10(6-8-11)16-9-18/h1-9H,(H,16,18)(H,17,19). The molecule has 0 fully saturated rings. The van der Waals surface area contributed by atoms with Crippen molar-refractivity contribution in [1.82, 2.24) is 0 Å². The first kappa shape index (κ1) is 13.1. The van der Waals surface area contributed by atoms with Gasteiger partial charge >= 0.3 is 0 Å². The van der Waals surface area contributed by atoms with Gasteiger partial charge in [-0.2, -0.15) is 0 Å². The van der Waals surface area contributed by atoms with E-state index in [4.69, 9.17) is 11.6 Å². The Morgan fingerprint density at radius 1 is 1.00 bits per heavy atom. The zero-order valence-electron chi connectivity index (χ0n) is 9.89. The van der Waals surface area contributed by atoms with Crippen LogP contribution in [0.15, 0.2) is 48.5 Å². The van der Waals surface area contributed by atoms with E-state index in [1.165, 1.54) is 0 Å². The maximum absolute atomic E-state index is 12.0. The van der Waals surface area contributed by atoms with Gasteiger partial charge in [0.15, 0.2) is 0 Å². The summed E-state index contributed by atoms with van der Waals surface area (Å²) in [6.07, 6.45) is 0.595. The molecule has 0 spiro atoms. The molecule has 2 aromatic carbocycles. The van der Waals surface area contributed by atoms with Crippen molar-refractivity contribution < 1.29 is 9.59 Å². The van der Waals surface area contributed by atoms with Crippen LogP contribution in [-0.2, 0) is 4.79 Å². The van der Waals surface area contributed by atoms with Crippen LogP contribution in [0.1, 0.15) is 10.4 Å². The molecular weight excluding hydrogens is 264 g/mol. The molecule has 2 aromatic rings. The van der Waals surface area contributed by atoms with Gasteiger partial charge in [-0.15, -0.1) is 0 Å². The van der Waals surface area contributed by atoms with Gasteiger partial charge in [-0.05, 0) is 36.4 Å². The molecule has 0 radical (unpaired) electrons. The minimum absolute atomic E-state index is 0.276. The Morgan fingerprint density at radius 3 is 2.26 bits per heavy atom. The van der Waals surface area contributed by atoms with E-state index in [2.05, 4.69) is 10.6 Å². The number of rotatable bonds is 4. The minimum Gasteiger partial charge on any atom is -0.329 e. The molecule has 0 bridgehead atoms. The lowest BCUT2D eigenvalue weighted by Gasteiger charge is -2.07. The van der Waals surface area contributed by atoms with E-state index in [1.807, 2.05) is 0 Å². The second-order valence-corrected chi connectivity index (χ2v) is 4.18. The van der Waals surface area contributed by atoms with Crippen LogP contribution in [0.25, 0.3) is 0 Å². The van der Waals surface area contributed by atoms with Crippen LogP contribution in [-0.4, -0.2) is 12.3 Å². The number of amides is 2. The first-order chi connectivity index (χ1) is 9.20. The number of hydrogen-bond donors (Lipinski definition) is 2. The minimum atomic E-state index is -0.276. The first-order valence-corrected chi connectivity index (χ1v) is 5.94. The van der Waals surface area contributed by atoms with Crippen molar-refractivity contribution in [3.63, 3.8) is 0 Å². The summed E-state index contributed by atoms with van der Waals surface area (Å²) in [6.45, 7) is 0. The highest BCUT2D eigenvalue weighted by molar-refractivity contribution is 6.34. The average Bonchev–Trinajstić information content (AvgIpc) is 2.42. The van der Waals surface area contributed by atoms with Crippen molar-refractivity contribution in [3.8, 4) is 0 Å². The number of anilines is 2. The number of benzene rings is 2. The van der Waals surface area contributed by atoms with Crippen molar-refractivity contribution in [3.05, 3.63) is 59.1 Å². The molecule has 2 N–H and O–H groups in total. The molecule has 2 amide bonds. The second-order valence-electron chi connectivity index (χ2n) is 3.77. The quantitative estimate of drug-likeness (QED) is 0.842. The fraction of sp³-hybridized carbons (Fsp3) is 0. The third-order valence-corrected chi connectivity index (χ3v) is 2.82. The van der Waals surface area contributed by atoms with Crippen molar-refractivity contribution in [2.75, 3.05) is 10.6 Å². The molecule has 0 aliphatic heterocycles. The van der Waals surface area contributed by atoms with Crippen molar-refractivity contribution >= 4 is 35.3 Å². The van der Waals surface area contributed by atoms with Crippen LogP contribution < -0.4 is 10.6 Å². The van der Waals surface area contributed by atoms with Crippen LogP contribution in [0.4, 0.5) is 11.4 Å². The van der Waals surface area contributed by atoms with Gasteiger partial charge in [-0.1, -0.05) is 23.7 Å². The molecule has 0 saturated heterocycles. The van der Waals surface area contributed by atoms with Gasteiger partial charge in [0, 0.05) is 11.4 Å². The summed E-state index contributed by atoms with van der Waals surface area (Å²) in [7, 11) is 0. The van der Waals surface area contributed by atoms with Gasteiger partial charge < -0.3 is 10.6 Å². The zero-order valence-corrected chi connectivity index (χ0v) is 10.6. The van der Waals surface area contributed by atoms with Crippen molar-refractivity contribution in [2.45, 2.75) is 0 Å². The van der Waals surface area contributed by atoms with E-state index in [0.717, 1.165) is 0 Å². The molecule has 0 aromatic heterocycles. The number of carbonyl (C=O) groups is 2. The maximum atomic E-state index is 12.0. The van der Waals surface area contributed by atoms with Crippen molar-refractivity contribution in [2.24, 2.45) is 0 Å². The van der Waals surface area contributed by atoms with Crippen molar-refractivity contribution in [1.29, 1.82) is 0 Å². The summed E-state index contributed by atoms with van der Waals surface area (Å²) in [4.78, 5) is 22.2. The summed E-state index contributed by atoms with van der Waals surface area (Å²) in [5, 5.41) is 5.65. The number of nitrogens with one attached hydrogen (secondary N) is 2. The summed E-state index contributed by atoms with van der Waals surface area (Å²) in [5.41, 5.74) is 1.70.